The van der Waals surface area contributed by atoms with Crippen molar-refractivity contribution >= 4 is 5.97 Å². The van der Waals surface area contributed by atoms with Crippen molar-refractivity contribution in [1.82, 2.24) is 10.2 Å². The van der Waals surface area contributed by atoms with Gasteiger partial charge in [0.25, 0.3) is 0 Å². The topological polar surface area (TPSA) is 41.6 Å². The highest BCUT2D eigenvalue weighted by atomic mass is 16.5. The fourth-order valence-electron chi connectivity index (χ4n) is 2.17. The van der Waals surface area contributed by atoms with E-state index in [1.807, 2.05) is 13.8 Å². The van der Waals surface area contributed by atoms with E-state index in [0.29, 0.717) is 12.5 Å². The molecular weight excluding hydrogens is 252 g/mol. The van der Waals surface area contributed by atoms with Gasteiger partial charge in [0.1, 0.15) is 5.54 Å². The van der Waals surface area contributed by atoms with Gasteiger partial charge >= 0.3 is 5.97 Å². The molecule has 4 heteroatoms. The van der Waals surface area contributed by atoms with Crippen LogP contribution in [0.1, 0.15) is 54.4 Å². The lowest BCUT2D eigenvalue weighted by atomic mass is 9.96. The molecule has 1 atom stereocenters. The molecule has 0 saturated carbocycles. The fraction of sp³-hybridized carbons (Fsp3) is 0.938. The normalized spacial score (nSPS) is 14.9. The molecule has 20 heavy (non-hydrogen) atoms. The summed E-state index contributed by atoms with van der Waals surface area (Å²) in [6.45, 7) is 14.8. The molecule has 0 amide bonds. The predicted octanol–water partition coefficient (Wildman–Crippen LogP) is 2.67. The third-order valence-electron chi connectivity index (χ3n) is 3.41. The standard InChI is InChI=1S/C16H34N2O2/c1-8-20-15(19)16(6,17-14(4)5)10-12-18(7)11-9-13(2)3/h13-14,17H,8-12H2,1-7H3. The summed E-state index contributed by atoms with van der Waals surface area (Å²) in [6.07, 6.45) is 1.95. The number of nitrogens with zero attached hydrogens (tertiary/aromatic N) is 1. The highest BCUT2D eigenvalue weighted by Crippen LogP contribution is 2.15. The van der Waals surface area contributed by atoms with Crippen LogP contribution in [-0.2, 0) is 9.53 Å². The minimum absolute atomic E-state index is 0.147. The Kier molecular flexibility index (Phi) is 9.06. The predicted molar refractivity (Wildman–Crippen MR) is 84.9 cm³/mol. The van der Waals surface area contributed by atoms with E-state index in [9.17, 15) is 4.79 Å². The SMILES string of the molecule is CCOC(=O)C(C)(CCN(C)CCC(C)C)NC(C)C. The van der Waals surface area contributed by atoms with Gasteiger partial charge in [-0.15, -0.1) is 0 Å². The quantitative estimate of drug-likeness (QED) is 0.627. The van der Waals surface area contributed by atoms with E-state index < -0.39 is 5.54 Å². The molecule has 0 aliphatic rings. The number of rotatable bonds is 10. The Labute approximate surface area is 125 Å². The van der Waals surface area contributed by atoms with Crippen molar-refractivity contribution in [2.75, 3.05) is 26.7 Å². The number of carbonyl (C=O) groups is 1. The van der Waals surface area contributed by atoms with Gasteiger partial charge in [0.15, 0.2) is 0 Å². The lowest BCUT2D eigenvalue weighted by molar-refractivity contribution is -0.151. The van der Waals surface area contributed by atoms with Gasteiger partial charge in [-0.25, -0.2) is 0 Å². The molecule has 0 fully saturated rings. The zero-order valence-corrected chi connectivity index (χ0v) is 14.5. The molecule has 1 unspecified atom stereocenters. The van der Waals surface area contributed by atoms with Crippen molar-refractivity contribution in [3.8, 4) is 0 Å². The number of hydrogen-bond acceptors (Lipinski definition) is 4. The van der Waals surface area contributed by atoms with Crippen LogP contribution in [0, 0.1) is 5.92 Å². The third kappa shape index (κ3) is 7.85. The maximum atomic E-state index is 12.2. The summed E-state index contributed by atoms with van der Waals surface area (Å²) < 4.78 is 5.22. The van der Waals surface area contributed by atoms with Crippen LogP contribution < -0.4 is 5.32 Å². The van der Waals surface area contributed by atoms with Gasteiger partial charge in [-0.3, -0.25) is 10.1 Å². The molecule has 0 spiro atoms. The summed E-state index contributed by atoms with van der Waals surface area (Å²) in [4.78, 5) is 14.5. The molecule has 0 aromatic rings. The zero-order valence-electron chi connectivity index (χ0n) is 14.5. The molecule has 0 bridgehead atoms. The van der Waals surface area contributed by atoms with E-state index in [0.717, 1.165) is 19.5 Å². The summed E-state index contributed by atoms with van der Waals surface area (Å²) >= 11 is 0. The summed E-state index contributed by atoms with van der Waals surface area (Å²) in [7, 11) is 2.11. The first kappa shape index (κ1) is 19.4. The monoisotopic (exact) mass is 286 g/mol. The van der Waals surface area contributed by atoms with Crippen molar-refractivity contribution in [3.05, 3.63) is 0 Å². The molecule has 120 valence electrons. The first-order chi connectivity index (χ1) is 9.21. The molecule has 0 saturated heterocycles. The molecule has 0 aliphatic carbocycles. The van der Waals surface area contributed by atoms with E-state index in [2.05, 4.69) is 45.0 Å². The number of esters is 1. The Morgan fingerprint density at radius 3 is 2.30 bits per heavy atom. The summed E-state index contributed by atoms with van der Waals surface area (Å²) in [5, 5.41) is 3.36. The van der Waals surface area contributed by atoms with Gasteiger partial charge in [0.05, 0.1) is 6.61 Å². The molecule has 0 aromatic carbocycles. The van der Waals surface area contributed by atoms with Crippen LogP contribution in [0.25, 0.3) is 0 Å². The second kappa shape index (κ2) is 9.35. The number of hydrogen-bond donors (Lipinski definition) is 1. The van der Waals surface area contributed by atoms with Gasteiger partial charge in [0, 0.05) is 12.6 Å². The minimum Gasteiger partial charge on any atom is -0.465 e. The van der Waals surface area contributed by atoms with Crippen LogP contribution in [0.4, 0.5) is 0 Å². The lowest BCUT2D eigenvalue weighted by Crippen LogP contribution is -2.54. The number of nitrogens with one attached hydrogen (secondary N) is 1. The Morgan fingerprint density at radius 1 is 1.25 bits per heavy atom. The summed E-state index contributed by atoms with van der Waals surface area (Å²) in [6, 6.07) is 0.255. The largest absolute Gasteiger partial charge is 0.465 e. The van der Waals surface area contributed by atoms with Crippen molar-refractivity contribution in [2.45, 2.75) is 66.0 Å². The second-order valence-corrected chi connectivity index (χ2v) is 6.59. The minimum atomic E-state index is -0.601. The molecule has 0 radical (unpaired) electrons. The highest BCUT2D eigenvalue weighted by molar-refractivity contribution is 5.80. The first-order valence-electron chi connectivity index (χ1n) is 7.84. The van der Waals surface area contributed by atoms with Crippen LogP contribution in [0.3, 0.4) is 0 Å². The summed E-state index contributed by atoms with van der Waals surface area (Å²) in [5.74, 6) is 0.564. The van der Waals surface area contributed by atoms with Gasteiger partial charge in [-0.05, 0) is 60.0 Å². The average molecular weight is 286 g/mol. The first-order valence-corrected chi connectivity index (χ1v) is 7.84. The third-order valence-corrected chi connectivity index (χ3v) is 3.41. The van der Waals surface area contributed by atoms with Crippen molar-refractivity contribution in [3.63, 3.8) is 0 Å². The molecule has 0 heterocycles. The van der Waals surface area contributed by atoms with Gasteiger partial charge in [-0.1, -0.05) is 13.8 Å². The lowest BCUT2D eigenvalue weighted by Gasteiger charge is -2.32. The maximum Gasteiger partial charge on any atom is 0.326 e. The Bertz CT molecular complexity index is 280. The molecule has 1 N–H and O–H groups in total. The fourth-order valence-corrected chi connectivity index (χ4v) is 2.17. The van der Waals surface area contributed by atoms with Crippen LogP contribution in [0.15, 0.2) is 0 Å². The highest BCUT2D eigenvalue weighted by Gasteiger charge is 2.34. The van der Waals surface area contributed by atoms with E-state index in [-0.39, 0.29) is 12.0 Å². The van der Waals surface area contributed by atoms with Crippen molar-refractivity contribution < 1.29 is 9.53 Å². The van der Waals surface area contributed by atoms with Crippen molar-refractivity contribution in [2.24, 2.45) is 5.92 Å². The summed E-state index contributed by atoms with van der Waals surface area (Å²) in [5.41, 5.74) is -0.601. The second-order valence-electron chi connectivity index (χ2n) is 6.59. The Balaban J connectivity index is 4.46. The van der Waals surface area contributed by atoms with Gasteiger partial charge in [-0.2, -0.15) is 0 Å². The van der Waals surface area contributed by atoms with Crippen LogP contribution >= 0.6 is 0 Å². The molecule has 0 aliphatic heterocycles. The Hall–Kier alpha value is -0.610. The van der Waals surface area contributed by atoms with E-state index in [1.165, 1.54) is 6.42 Å². The van der Waals surface area contributed by atoms with Crippen molar-refractivity contribution in [1.29, 1.82) is 0 Å². The molecule has 0 rings (SSSR count). The zero-order chi connectivity index (χ0) is 15.8. The molecule has 0 aromatic heterocycles. The average Bonchev–Trinajstić information content (AvgIpc) is 2.33. The smallest absolute Gasteiger partial charge is 0.326 e. The van der Waals surface area contributed by atoms with Crippen LogP contribution in [-0.4, -0.2) is 49.2 Å². The van der Waals surface area contributed by atoms with Gasteiger partial charge < -0.3 is 9.64 Å². The van der Waals surface area contributed by atoms with E-state index >= 15 is 0 Å². The van der Waals surface area contributed by atoms with E-state index in [4.69, 9.17) is 4.74 Å². The van der Waals surface area contributed by atoms with Crippen LogP contribution in [0.2, 0.25) is 0 Å². The number of ether oxygens (including phenoxy) is 1. The molecular formula is C16H34N2O2. The Morgan fingerprint density at radius 2 is 1.85 bits per heavy atom. The molecule has 4 nitrogen and oxygen atoms in total. The van der Waals surface area contributed by atoms with E-state index in [1.54, 1.807) is 0 Å². The maximum absolute atomic E-state index is 12.2. The van der Waals surface area contributed by atoms with Crippen LogP contribution in [0.5, 0.6) is 0 Å². The number of carbonyl (C=O) groups excluding carboxylic acids is 1. The van der Waals surface area contributed by atoms with Gasteiger partial charge in [0.2, 0.25) is 0 Å².